The summed E-state index contributed by atoms with van der Waals surface area (Å²) in [6.07, 6.45) is 14.5. The van der Waals surface area contributed by atoms with Gasteiger partial charge in [-0.05, 0) is 49.4 Å². The first-order valence-electron chi connectivity index (χ1n) is 7.16. The molecule has 0 spiro atoms. The number of hydrogen-bond acceptors (Lipinski definition) is 3. The van der Waals surface area contributed by atoms with Gasteiger partial charge in [0.15, 0.2) is 0 Å². The molecule has 3 heteroatoms. The second kappa shape index (κ2) is 6.47. The fraction of sp³-hybridized carbons (Fsp3) is 1.00. The van der Waals surface area contributed by atoms with Crippen molar-refractivity contribution in [1.29, 1.82) is 0 Å². The predicted molar refractivity (Wildman–Crippen MR) is 85.8 cm³/mol. The highest BCUT2D eigenvalue weighted by atomic mass is 33.5. The van der Waals surface area contributed by atoms with Crippen LogP contribution in [0.2, 0.25) is 0 Å². The van der Waals surface area contributed by atoms with Crippen LogP contribution in [-0.4, -0.2) is 9.49 Å². The van der Waals surface area contributed by atoms with Crippen LogP contribution in [0, 0.1) is 0 Å². The van der Waals surface area contributed by atoms with Gasteiger partial charge in [-0.25, -0.2) is 0 Å². The lowest BCUT2D eigenvalue weighted by Crippen LogP contribution is -2.24. The Morgan fingerprint density at radius 2 is 0.941 bits per heavy atom. The monoisotopic (exact) mass is 290 g/mol. The zero-order chi connectivity index (χ0) is 12.2. The molecule has 0 heterocycles. The van der Waals surface area contributed by atoms with Gasteiger partial charge in [0.1, 0.15) is 0 Å². The van der Waals surface area contributed by atoms with Crippen LogP contribution in [0.1, 0.15) is 78.1 Å². The van der Waals surface area contributed by atoms with E-state index in [9.17, 15) is 0 Å². The van der Waals surface area contributed by atoms with Gasteiger partial charge in [-0.1, -0.05) is 60.1 Å². The quantitative estimate of drug-likeness (QED) is 0.545. The lowest BCUT2D eigenvalue weighted by molar-refractivity contribution is 0.423. The van der Waals surface area contributed by atoms with E-state index in [1.165, 1.54) is 64.2 Å². The standard InChI is InChI=1S/C14H26S3/c1-13(9-5-3-6-10-13)15-17-16-14(2)11-7-4-8-12-14/h3-12H2,1-2H3. The van der Waals surface area contributed by atoms with Crippen molar-refractivity contribution in [2.24, 2.45) is 0 Å². The molecule has 0 amide bonds. The molecule has 0 aromatic rings. The molecule has 2 aliphatic carbocycles. The lowest BCUT2D eigenvalue weighted by atomic mass is 9.90. The highest BCUT2D eigenvalue weighted by molar-refractivity contribution is 9.09. The fourth-order valence-corrected chi connectivity index (χ4v) is 9.57. The Hall–Kier alpha value is 1.05. The van der Waals surface area contributed by atoms with Gasteiger partial charge in [0, 0.05) is 9.49 Å². The van der Waals surface area contributed by atoms with E-state index in [0.717, 1.165) is 0 Å². The summed E-state index contributed by atoms with van der Waals surface area (Å²) in [5.74, 6) is 0. The first kappa shape index (κ1) is 14.5. The molecule has 0 atom stereocenters. The molecule has 0 N–H and O–H groups in total. The molecule has 0 saturated heterocycles. The fourth-order valence-electron chi connectivity index (χ4n) is 2.95. The van der Waals surface area contributed by atoms with Gasteiger partial charge < -0.3 is 0 Å². The Morgan fingerprint density at radius 1 is 0.588 bits per heavy atom. The minimum absolute atomic E-state index is 0.570. The summed E-state index contributed by atoms with van der Waals surface area (Å²) < 4.78 is 1.14. The summed E-state index contributed by atoms with van der Waals surface area (Å²) in [5, 5.41) is 0. The average Bonchev–Trinajstić information content (AvgIpc) is 2.30. The van der Waals surface area contributed by atoms with Crippen molar-refractivity contribution in [3.05, 3.63) is 0 Å². The van der Waals surface area contributed by atoms with Crippen LogP contribution in [0.25, 0.3) is 0 Å². The molecule has 2 rings (SSSR count). The van der Waals surface area contributed by atoms with Gasteiger partial charge in [-0.15, -0.1) is 0 Å². The number of hydrogen-bond donors (Lipinski definition) is 0. The van der Waals surface area contributed by atoms with E-state index in [1.807, 2.05) is 0 Å². The molecule has 2 saturated carbocycles. The molecule has 0 aromatic heterocycles. The summed E-state index contributed by atoms with van der Waals surface area (Å²) >= 11 is 0. The molecule has 100 valence electrons. The van der Waals surface area contributed by atoms with Crippen molar-refractivity contribution in [3.63, 3.8) is 0 Å². The van der Waals surface area contributed by atoms with Crippen LogP contribution >= 0.6 is 31.4 Å². The third-order valence-electron chi connectivity index (χ3n) is 4.29. The van der Waals surface area contributed by atoms with Gasteiger partial charge in [-0.2, -0.15) is 0 Å². The second-order valence-electron chi connectivity index (χ2n) is 6.26. The maximum absolute atomic E-state index is 2.48. The van der Waals surface area contributed by atoms with Crippen molar-refractivity contribution in [2.75, 3.05) is 0 Å². The Morgan fingerprint density at radius 3 is 1.29 bits per heavy atom. The van der Waals surface area contributed by atoms with E-state index in [1.54, 1.807) is 0 Å². The summed E-state index contributed by atoms with van der Waals surface area (Å²) in [6, 6.07) is 0. The van der Waals surface area contributed by atoms with E-state index in [0.29, 0.717) is 9.49 Å². The molecule has 0 aromatic carbocycles. The Kier molecular flexibility index (Phi) is 5.50. The van der Waals surface area contributed by atoms with E-state index < -0.39 is 0 Å². The topological polar surface area (TPSA) is 0 Å². The van der Waals surface area contributed by atoms with Crippen molar-refractivity contribution in [1.82, 2.24) is 0 Å². The molecular formula is C14H26S3. The van der Waals surface area contributed by atoms with E-state index in [-0.39, 0.29) is 0 Å². The van der Waals surface area contributed by atoms with Crippen LogP contribution in [0.5, 0.6) is 0 Å². The molecule has 0 bridgehead atoms. The molecule has 0 aliphatic heterocycles. The van der Waals surface area contributed by atoms with Crippen LogP contribution in [-0.2, 0) is 0 Å². The summed E-state index contributed by atoms with van der Waals surface area (Å²) in [4.78, 5) is 0. The normalized spacial score (nSPS) is 27.9. The van der Waals surface area contributed by atoms with Gasteiger partial charge >= 0.3 is 0 Å². The van der Waals surface area contributed by atoms with Crippen LogP contribution in [0.4, 0.5) is 0 Å². The van der Waals surface area contributed by atoms with E-state index in [4.69, 9.17) is 0 Å². The predicted octanol–water partition coefficient (Wildman–Crippen LogP) is 6.46. The smallest absolute Gasteiger partial charge is 0.0243 e. The van der Waals surface area contributed by atoms with Crippen LogP contribution in [0.15, 0.2) is 0 Å². The molecule has 2 aliphatic rings. The Labute approximate surface area is 119 Å². The zero-order valence-electron chi connectivity index (χ0n) is 11.3. The number of rotatable bonds is 4. The minimum atomic E-state index is 0.570. The minimum Gasteiger partial charge on any atom is -0.0760 e. The maximum atomic E-state index is 2.48. The summed E-state index contributed by atoms with van der Waals surface area (Å²) in [5.41, 5.74) is 0. The van der Waals surface area contributed by atoms with E-state index in [2.05, 4.69) is 45.3 Å². The van der Waals surface area contributed by atoms with Gasteiger partial charge in [0.25, 0.3) is 0 Å². The van der Waals surface area contributed by atoms with Gasteiger partial charge in [0.2, 0.25) is 0 Å². The van der Waals surface area contributed by atoms with Gasteiger partial charge in [-0.3, -0.25) is 0 Å². The van der Waals surface area contributed by atoms with Crippen molar-refractivity contribution in [3.8, 4) is 0 Å². The lowest BCUT2D eigenvalue weighted by Gasteiger charge is -2.35. The maximum Gasteiger partial charge on any atom is 0.0243 e. The molecule has 0 unspecified atom stereocenters. The second-order valence-corrected chi connectivity index (χ2v) is 11.3. The summed E-state index contributed by atoms with van der Waals surface area (Å²) in [7, 11) is 6.44. The Bertz CT molecular complexity index is 204. The van der Waals surface area contributed by atoms with E-state index >= 15 is 0 Å². The molecule has 2 fully saturated rings. The highest BCUT2D eigenvalue weighted by Crippen LogP contribution is 2.55. The van der Waals surface area contributed by atoms with Crippen LogP contribution < -0.4 is 0 Å². The average molecular weight is 291 g/mol. The molecule has 0 nitrogen and oxygen atoms in total. The first-order chi connectivity index (χ1) is 8.12. The van der Waals surface area contributed by atoms with Crippen LogP contribution in [0.3, 0.4) is 0 Å². The first-order valence-corrected chi connectivity index (χ1v) is 10.6. The van der Waals surface area contributed by atoms with Gasteiger partial charge in [0.05, 0.1) is 0 Å². The molecule has 17 heavy (non-hydrogen) atoms. The molecular weight excluding hydrogens is 264 g/mol. The van der Waals surface area contributed by atoms with Crippen molar-refractivity contribution >= 4 is 31.4 Å². The highest BCUT2D eigenvalue weighted by Gasteiger charge is 2.31. The third kappa shape index (κ3) is 4.58. The largest absolute Gasteiger partial charge is 0.0760 e. The van der Waals surface area contributed by atoms with Crippen molar-refractivity contribution in [2.45, 2.75) is 87.5 Å². The van der Waals surface area contributed by atoms with Crippen molar-refractivity contribution < 1.29 is 0 Å². The zero-order valence-corrected chi connectivity index (χ0v) is 13.7. The SMILES string of the molecule is CC1(SSSC2(C)CCCCC2)CCCCC1. The Balaban J connectivity index is 1.70. The molecule has 0 radical (unpaired) electrons. The third-order valence-corrected chi connectivity index (χ3v) is 10.1. The summed E-state index contributed by atoms with van der Waals surface area (Å²) in [6.45, 7) is 4.96.